The first-order chi connectivity index (χ1) is 9.78. The van der Waals surface area contributed by atoms with E-state index < -0.39 is 0 Å². The molecule has 0 unspecified atom stereocenters. The van der Waals surface area contributed by atoms with Gasteiger partial charge >= 0.3 is 0 Å². The number of nitriles is 1. The van der Waals surface area contributed by atoms with Crippen LogP contribution in [0.25, 0.3) is 10.7 Å². The highest BCUT2D eigenvalue weighted by Gasteiger charge is 2.14. The van der Waals surface area contributed by atoms with Crippen molar-refractivity contribution in [3.8, 4) is 16.8 Å². The summed E-state index contributed by atoms with van der Waals surface area (Å²) in [5.41, 5.74) is 0.267. The molecular weight excluding hydrogens is 294 g/mol. The van der Waals surface area contributed by atoms with E-state index in [4.69, 9.17) is 11.1 Å². The molecular formula is C11H7N7S2. The topological polar surface area (TPSA) is 106 Å². The standard InChI is InChI=1S/C11H7N7S2/c12-4-7-5-15-9(6-14-7)20-11-17-16-10(18(11)13)8-2-1-3-19-8/h1-3,5-6H,13H2. The Morgan fingerprint density at radius 3 is 2.85 bits per heavy atom. The maximum atomic E-state index is 8.67. The SMILES string of the molecule is N#Cc1cnc(Sc2nnc(-c3cccs3)n2N)cn1. The fraction of sp³-hybridized carbons (Fsp3) is 0. The Bertz CT molecular complexity index is 755. The summed E-state index contributed by atoms with van der Waals surface area (Å²) in [4.78, 5) is 8.98. The monoisotopic (exact) mass is 301 g/mol. The van der Waals surface area contributed by atoms with Crippen LogP contribution in [-0.2, 0) is 0 Å². The maximum absolute atomic E-state index is 8.67. The van der Waals surface area contributed by atoms with Crippen LogP contribution < -0.4 is 5.84 Å². The van der Waals surface area contributed by atoms with Gasteiger partial charge in [-0.3, -0.25) is 0 Å². The molecule has 0 aliphatic carbocycles. The van der Waals surface area contributed by atoms with Crippen LogP contribution in [0.1, 0.15) is 5.69 Å². The summed E-state index contributed by atoms with van der Waals surface area (Å²) in [5.74, 6) is 6.58. The van der Waals surface area contributed by atoms with Gasteiger partial charge in [-0.15, -0.1) is 21.5 Å². The second-order valence-corrected chi connectivity index (χ2v) is 5.54. The molecule has 0 radical (unpaired) electrons. The zero-order chi connectivity index (χ0) is 13.9. The first kappa shape index (κ1) is 12.6. The highest BCUT2D eigenvalue weighted by atomic mass is 32.2. The van der Waals surface area contributed by atoms with Gasteiger partial charge in [0.1, 0.15) is 11.1 Å². The Balaban J connectivity index is 1.86. The second-order valence-electron chi connectivity index (χ2n) is 3.61. The molecule has 0 atom stereocenters. The normalized spacial score (nSPS) is 10.3. The summed E-state index contributed by atoms with van der Waals surface area (Å²) in [6, 6.07) is 5.76. The maximum Gasteiger partial charge on any atom is 0.216 e. The van der Waals surface area contributed by atoms with Crippen molar-refractivity contribution < 1.29 is 0 Å². The summed E-state index contributed by atoms with van der Waals surface area (Å²) in [5, 5.41) is 19.8. The molecule has 3 aromatic heterocycles. The Morgan fingerprint density at radius 1 is 1.30 bits per heavy atom. The lowest BCUT2D eigenvalue weighted by Crippen LogP contribution is -2.11. The molecule has 0 bridgehead atoms. The molecule has 0 saturated carbocycles. The van der Waals surface area contributed by atoms with Gasteiger partial charge in [-0.05, 0) is 23.2 Å². The minimum absolute atomic E-state index is 0.267. The molecule has 0 spiro atoms. The summed E-state index contributed by atoms with van der Waals surface area (Å²) >= 11 is 2.78. The van der Waals surface area contributed by atoms with E-state index in [-0.39, 0.29) is 5.69 Å². The highest BCUT2D eigenvalue weighted by Crippen LogP contribution is 2.27. The van der Waals surface area contributed by atoms with Crippen molar-refractivity contribution in [2.24, 2.45) is 0 Å². The van der Waals surface area contributed by atoms with Gasteiger partial charge < -0.3 is 5.84 Å². The fourth-order valence-corrected chi connectivity index (χ4v) is 2.81. The molecule has 0 amide bonds. The van der Waals surface area contributed by atoms with Gasteiger partial charge in [0.2, 0.25) is 5.16 Å². The molecule has 0 aliphatic heterocycles. The van der Waals surface area contributed by atoms with Crippen molar-refractivity contribution in [1.29, 1.82) is 5.26 Å². The molecule has 9 heteroatoms. The van der Waals surface area contributed by atoms with E-state index in [1.807, 2.05) is 23.6 Å². The molecule has 3 heterocycles. The fourth-order valence-electron chi connectivity index (χ4n) is 1.44. The predicted molar refractivity (Wildman–Crippen MR) is 74.4 cm³/mol. The average Bonchev–Trinajstić information content (AvgIpc) is 3.11. The first-order valence-corrected chi connectivity index (χ1v) is 7.12. The molecule has 20 heavy (non-hydrogen) atoms. The summed E-state index contributed by atoms with van der Waals surface area (Å²) in [7, 11) is 0. The first-order valence-electron chi connectivity index (χ1n) is 5.42. The molecule has 0 saturated heterocycles. The summed E-state index contributed by atoms with van der Waals surface area (Å²) < 4.78 is 1.41. The summed E-state index contributed by atoms with van der Waals surface area (Å²) in [6.07, 6.45) is 2.91. The van der Waals surface area contributed by atoms with Gasteiger partial charge in [0.05, 0.1) is 17.3 Å². The van der Waals surface area contributed by atoms with Gasteiger partial charge in [0, 0.05) is 0 Å². The lowest BCUT2D eigenvalue weighted by molar-refractivity contribution is 0.846. The molecule has 3 rings (SSSR count). The minimum atomic E-state index is 0.267. The van der Waals surface area contributed by atoms with Gasteiger partial charge in [0.25, 0.3) is 0 Å². The largest absolute Gasteiger partial charge is 0.335 e. The van der Waals surface area contributed by atoms with Crippen LogP contribution in [0.4, 0.5) is 0 Å². The molecule has 7 nitrogen and oxygen atoms in total. The quantitative estimate of drug-likeness (QED) is 0.731. The zero-order valence-corrected chi connectivity index (χ0v) is 11.6. The number of hydrogen-bond acceptors (Lipinski definition) is 8. The molecule has 0 aliphatic rings. The number of rotatable bonds is 3. The highest BCUT2D eigenvalue weighted by molar-refractivity contribution is 7.99. The molecule has 0 aromatic carbocycles. The van der Waals surface area contributed by atoms with Gasteiger partial charge in [-0.1, -0.05) is 6.07 Å². The Labute approximate surface area is 122 Å². The number of thiophene rings is 1. The van der Waals surface area contributed by atoms with Crippen LogP contribution in [-0.4, -0.2) is 24.8 Å². The van der Waals surface area contributed by atoms with Crippen molar-refractivity contribution in [2.45, 2.75) is 10.2 Å². The molecule has 2 N–H and O–H groups in total. The summed E-state index contributed by atoms with van der Waals surface area (Å²) in [6.45, 7) is 0. The predicted octanol–water partition coefficient (Wildman–Crippen LogP) is 1.53. The Hall–Kier alpha value is -2.44. The molecule has 0 fully saturated rings. The zero-order valence-electron chi connectivity index (χ0n) is 9.96. The third-order valence-electron chi connectivity index (χ3n) is 2.34. The minimum Gasteiger partial charge on any atom is -0.335 e. The lowest BCUT2D eigenvalue weighted by Gasteiger charge is -2.01. The van der Waals surface area contributed by atoms with Gasteiger partial charge in [-0.2, -0.15) is 5.26 Å². The van der Waals surface area contributed by atoms with Crippen LogP contribution in [0.15, 0.2) is 40.1 Å². The van der Waals surface area contributed by atoms with E-state index in [1.165, 1.54) is 40.2 Å². The van der Waals surface area contributed by atoms with Crippen molar-refractivity contribution in [1.82, 2.24) is 24.8 Å². The Kier molecular flexibility index (Phi) is 3.32. The Morgan fingerprint density at radius 2 is 2.20 bits per heavy atom. The van der Waals surface area contributed by atoms with Crippen LogP contribution in [0.2, 0.25) is 0 Å². The van der Waals surface area contributed by atoms with Crippen LogP contribution in [0.3, 0.4) is 0 Å². The third-order valence-corrected chi connectivity index (χ3v) is 4.09. The third kappa shape index (κ3) is 2.34. The van der Waals surface area contributed by atoms with E-state index in [2.05, 4.69) is 20.2 Å². The van der Waals surface area contributed by atoms with Crippen molar-refractivity contribution in [3.63, 3.8) is 0 Å². The number of nitrogens with zero attached hydrogens (tertiary/aromatic N) is 6. The van der Waals surface area contributed by atoms with Crippen LogP contribution >= 0.6 is 23.1 Å². The number of hydrogen-bond donors (Lipinski definition) is 1. The number of nitrogens with two attached hydrogens (primary N) is 1. The van der Waals surface area contributed by atoms with Gasteiger partial charge in [-0.25, -0.2) is 14.6 Å². The smallest absolute Gasteiger partial charge is 0.216 e. The van der Waals surface area contributed by atoms with Crippen molar-refractivity contribution in [2.75, 3.05) is 5.84 Å². The van der Waals surface area contributed by atoms with Crippen LogP contribution in [0.5, 0.6) is 0 Å². The molecule has 98 valence electrons. The van der Waals surface area contributed by atoms with Crippen molar-refractivity contribution >= 4 is 23.1 Å². The van der Waals surface area contributed by atoms with E-state index in [0.717, 1.165) is 4.88 Å². The van der Waals surface area contributed by atoms with E-state index in [9.17, 15) is 0 Å². The van der Waals surface area contributed by atoms with Crippen molar-refractivity contribution in [3.05, 3.63) is 35.6 Å². The lowest BCUT2D eigenvalue weighted by atomic mass is 10.4. The van der Waals surface area contributed by atoms with Crippen LogP contribution in [0, 0.1) is 11.3 Å². The van der Waals surface area contributed by atoms with E-state index in [1.54, 1.807) is 0 Å². The number of nitrogen functional groups attached to an aromatic ring is 1. The van der Waals surface area contributed by atoms with Gasteiger partial charge in [0.15, 0.2) is 11.5 Å². The average molecular weight is 301 g/mol. The van der Waals surface area contributed by atoms with E-state index >= 15 is 0 Å². The second kappa shape index (κ2) is 5.28. The number of aromatic nitrogens is 5. The molecule has 3 aromatic rings. The van der Waals surface area contributed by atoms with E-state index in [0.29, 0.717) is 16.0 Å².